The fourth-order valence-electron chi connectivity index (χ4n) is 2.35. The lowest BCUT2D eigenvalue weighted by Gasteiger charge is -2.29. The van der Waals surface area contributed by atoms with Crippen LogP contribution in [0, 0.1) is 0 Å². The van der Waals surface area contributed by atoms with E-state index in [-0.39, 0.29) is 6.61 Å². The quantitative estimate of drug-likeness (QED) is 0.782. The Hall–Kier alpha value is -2.38. The van der Waals surface area contributed by atoms with Gasteiger partial charge in [0.25, 0.3) is 10.1 Å². The Morgan fingerprint density at radius 3 is 2.17 bits per heavy atom. The van der Waals surface area contributed by atoms with E-state index >= 15 is 0 Å². The van der Waals surface area contributed by atoms with Crippen LogP contribution in [0.15, 0.2) is 60.7 Å². The minimum absolute atomic E-state index is 0.0589. The van der Waals surface area contributed by atoms with Crippen LogP contribution in [0.25, 0.3) is 0 Å². The molecule has 0 fully saturated rings. The van der Waals surface area contributed by atoms with Gasteiger partial charge in [-0.2, -0.15) is 8.42 Å². The normalized spacial score (nSPS) is 13.8. The standard InChI is InChI=1S/C17H19NO5S/c1-17(13-24(20,21)22,15-10-6-3-7-11-15)18-16(19)23-12-14-8-4-2-5-9-14/h2-11H,12-13H2,1H3,(H,18,19)(H,20,21,22). The van der Waals surface area contributed by atoms with E-state index in [9.17, 15) is 17.8 Å². The number of nitrogens with one attached hydrogen (secondary N) is 1. The Kier molecular flexibility index (Phi) is 5.58. The molecule has 0 bridgehead atoms. The van der Waals surface area contributed by atoms with Gasteiger partial charge in [0.1, 0.15) is 12.4 Å². The van der Waals surface area contributed by atoms with Crippen LogP contribution in [0.5, 0.6) is 0 Å². The van der Waals surface area contributed by atoms with Crippen molar-refractivity contribution in [3.05, 3.63) is 71.8 Å². The molecule has 0 saturated heterocycles. The van der Waals surface area contributed by atoms with Crippen molar-refractivity contribution in [2.75, 3.05) is 5.75 Å². The Labute approximate surface area is 141 Å². The van der Waals surface area contributed by atoms with Gasteiger partial charge >= 0.3 is 6.09 Å². The summed E-state index contributed by atoms with van der Waals surface area (Å²) in [4.78, 5) is 12.1. The minimum Gasteiger partial charge on any atom is -0.445 e. The average molecular weight is 349 g/mol. The Balaban J connectivity index is 2.12. The van der Waals surface area contributed by atoms with Crippen LogP contribution >= 0.6 is 0 Å². The topological polar surface area (TPSA) is 92.7 Å². The second kappa shape index (κ2) is 7.46. The monoisotopic (exact) mass is 349 g/mol. The van der Waals surface area contributed by atoms with E-state index in [1.807, 2.05) is 30.3 Å². The third-order valence-electron chi connectivity index (χ3n) is 3.47. The SMILES string of the molecule is CC(CS(=O)(=O)O)(NC(=O)OCc1ccccc1)c1ccccc1. The Morgan fingerprint density at radius 1 is 1.08 bits per heavy atom. The van der Waals surface area contributed by atoms with E-state index in [4.69, 9.17) is 4.74 Å². The number of hydrogen-bond donors (Lipinski definition) is 2. The van der Waals surface area contributed by atoms with Crippen LogP contribution in [0.4, 0.5) is 4.79 Å². The van der Waals surface area contributed by atoms with Crippen molar-refractivity contribution >= 4 is 16.2 Å². The lowest BCUT2D eigenvalue weighted by Crippen LogP contribution is -2.48. The summed E-state index contributed by atoms with van der Waals surface area (Å²) < 4.78 is 37.0. The molecule has 1 unspecified atom stereocenters. The first kappa shape index (κ1) is 18.0. The molecule has 1 amide bonds. The molecule has 0 aliphatic rings. The fourth-order valence-corrected chi connectivity index (χ4v) is 3.32. The predicted octanol–water partition coefficient (Wildman–Crippen LogP) is 2.72. The number of benzene rings is 2. The number of rotatable bonds is 6. The second-order valence-corrected chi connectivity index (χ2v) is 7.06. The van der Waals surface area contributed by atoms with Gasteiger partial charge in [-0.1, -0.05) is 60.7 Å². The summed E-state index contributed by atoms with van der Waals surface area (Å²) in [5.41, 5.74) is 0.0333. The van der Waals surface area contributed by atoms with E-state index in [1.54, 1.807) is 30.3 Å². The lowest BCUT2D eigenvalue weighted by atomic mass is 9.94. The van der Waals surface area contributed by atoms with Crippen molar-refractivity contribution in [3.8, 4) is 0 Å². The average Bonchev–Trinajstić information content (AvgIpc) is 2.53. The predicted molar refractivity (Wildman–Crippen MR) is 90.0 cm³/mol. The second-order valence-electron chi connectivity index (χ2n) is 5.61. The number of alkyl carbamates (subject to hydrolysis) is 1. The largest absolute Gasteiger partial charge is 0.445 e. The number of carbonyl (C=O) groups excluding carboxylic acids is 1. The third-order valence-corrected chi connectivity index (χ3v) is 4.41. The molecule has 1 atom stereocenters. The van der Waals surface area contributed by atoms with E-state index < -0.39 is 27.5 Å². The molecular formula is C17H19NO5S. The van der Waals surface area contributed by atoms with Crippen LogP contribution in [-0.4, -0.2) is 24.8 Å². The zero-order valence-corrected chi connectivity index (χ0v) is 14.0. The molecule has 0 aliphatic heterocycles. The van der Waals surface area contributed by atoms with Gasteiger partial charge in [-0.3, -0.25) is 4.55 Å². The molecular weight excluding hydrogens is 330 g/mol. The molecule has 0 aromatic heterocycles. The van der Waals surface area contributed by atoms with Gasteiger partial charge in [0.15, 0.2) is 0 Å². The van der Waals surface area contributed by atoms with Gasteiger partial charge in [0.2, 0.25) is 0 Å². The van der Waals surface area contributed by atoms with Gasteiger partial charge in [0.05, 0.1) is 5.54 Å². The van der Waals surface area contributed by atoms with Crippen LogP contribution in [0.3, 0.4) is 0 Å². The molecule has 0 heterocycles. The molecule has 2 aromatic rings. The molecule has 0 spiro atoms. The maximum Gasteiger partial charge on any atom is 0.408 e. The molecule has 2 N–H and O–H groups in total. The molecule has 2 aromatic carbocycles. The number of amides is 1. The zero-order valence-electron chi connectivity index (χ0n) is 13.2. The smallest absolute Gasteiger partial charge is 0.408 e. The van der Waals surface area contributed by atoms with Gasteiger partial charge in [-0.05, 0) is 18.1 Å². The van der Waals surface area contributed by atoms with E-state index in [0.717, 1.165) is 5.56 Å². The molecule has 24 heavy (non-hydrogen) atoms. The summed E-state index contributed by atoms with van der Waals surface area (Å²) in [6.07, 6.45) is -0.770. The summed E-state index contributed by atoms with van der Waals surface area (Å²) in [5.74, 6) is -0.662. The number of carbonyl (C=O) groups is 1. The first-order chi connectivity index (χ1) is 11.3. The number of ether oxygens (including phenoxy) is 1. The molecule has 128 valence electrons. The Morgan fingerprint density at radius 2 is 1.62 bits per heavy atom. The molecule has 0 radical (unpaired) electrons. The lowest BCUT2D eigenvalue weighted by molar-refractivity contribution is 0.129. The highest BCUT2D eigenvalue weighted by Crippen LogP contribution is 2.22. The number of hydrogen-bond acceptors (Lipinski definition) is 4. The summed E-state index contributed by atoms with van der Waals surface area (Å²) >= 11 is 0. The minimum atomic E-state index is -4.31. The summed E-state index contributed by atoms with van der Waals surface area (Å²) in [6.45, 7) is 1.57. The van der Waals surface area contributed by atoms with Gasteiger partial charge in [0, 0.05) is 0 Å². The van der Waals surface area contributed by atoms with E-state index in [2.05, 4.69) is 5.32 Å². The highest BCUT2D eigenvalue weighted by atomic mass is 32.2. The summed E-state index contributed by atoms with van der Waals surface area (Å²) in [5, 5.41) is 2.54. The highest BCUT2D eigenvalue weighted by molar-refractivity contribution is 7.85. The van der Waals surface area contributed by atoms with Crippen LogP contribution < -0.4 is 5.32 Å². The van der Waals surface area contributed by atoms with Crippen molar-refractivity contribution in [3.63, 3.8) is 0 Å². The van der Waals surface area contributed by atoms with Crippen molar-refractivity contribution in [2.45, 2.75) is 19.1 Å². The summed E-state index contributed by atoms with van der Waals surface area (Å²) in [6, 6.07) is 17.7. The van der Waals surface area contributed by atoms with Crippen molar-refractivity contribution in [1.29, 1.82) is 0 Å². The maximum atomic E-state index is 12.1. The maximum absolute atomic E-state index is 12.1. The summed E-state index contributed by atoms with van der Waals surface area (Å²) in [7, 11) is -4.31. The Bertz CT molecular complexity index is 777. The van der Waals surface area contributed by atoms with Crippen LogP contribution in [0.2, 0.25) is 0 Å². The van der Waals surface area contributed by atoms with Crippen LogP contribution in [-0.2, 0) is 27.0 Å². The first-order valence-electron chi connectivity index (χ1n) is 7.28. The zero-order chi connectivity index (χ0) is 17.6. The molecule has 7 heteroatoms. The van der Waals surface area contributed by atoms with Gasteiger partial charge < -0.3 is 10.1 Å². The first-order valence-corrected chi connectivity index (χ1v) is 8.89. The van der Waals surface area contributed by atoms with Crippen molar-refractivity contribution < 1.29 is 22.5 Å². The van der Waals surface area contributed by atoms with Crippen molar-refractivity contribution in [2.24, 2.45) is 0 Å². The molecule has 0 aliphatic carbocycles. The molecule has 2 rings (SSSR count). The van der Waals surface area contributed by atoms with Gasteiger partial charge in [-0.25, -0.2) is 4.79 Å². The highest BCUT2D eigenvalue weighted by Gasteiger charge is 2.34. The molecule has 0 saturated carbocycles. The van der Waals surface area contributed by atoms with Gasteiger partial charge in [-0.15, -0.1) is 0 Å². The van der Waals surface area contributed by atoms with E-state index in [1.165, 1.54) is 6.92 Å². The van der Waals surface area contributed by atoms with E-state index in [0.29, 0.717) is 5.56 Å². The van der Waals surface area contributed by atoms with Crippen LogP contribution in [0.1, 0.15) is 18.1 Å². The third kappa shape index (κ3) is 5.36. The van der Waals surface area contributed by atoms with Crippen molar-refractivity contribution in [1.82, 2.24) is 5.32 Å². The molecule has 6 nitrogen and oxygen atoms in total. The fraction of sp³-hybridized carbons (Fsp3) is 0.235.